The molecule has 30 heavy (non-hydrogen) atoms. The number of hydrogen-bond donors (Lipinski definition) is 1. The summed E-state index contributed by atoms with van der Waals surface area (Å²) in [4.78, 5) is 37.4. The van der Waals surface area contributed by atoms with E-state index < -0.39 is 42.3 Å². The van der Waals surface area contributed by atoms with Crippen LogP contribution in [0.3, 0.4) is 0 Å². The van der Waals surface area contributed by atoms with Gasteiger partial charge in [-0.05, 0) is 23.6 Å². The second-order valence-corrected chi connectivity index (χ2v) is 7.18. The SMILES string of the molecule is C=C(C)C(C(=O)OC(c1ccccc1)c1ccccc1)N1C(=O)C(NC(C)=O)C1F. The van der Waals surface area contributed by atoms with E-state index in [1.807, 2.05) is 60.7 Å². The van der Waals surface area contributed by atoms with Crippen LogP contribution in [-0.4, -0.2) is 41.1 Å². The molecule has 3 atom stereocenters. The van der Waals surface area contributed by atoms with Gasteiger partial charge in [0.1, 0.15) is 0 Å². The summed E-state index contributed by atoms with van der Waals surface area (Å²) >= 11 is 0. The van der Waals surface area contributed by atoms with Crippen molar-refractivity contribution in [2.24, 2.45) is 0 Å². The summed E-state index contributed by atoms with van der Waals surface area (Å²) in [7, 11) is 0. The molecule has 3 rings (SSSR count). The number of carbonyl (C=O) groups excluding carboxylic acids is 3. The number of halogens is 1. The molecule has 0 aromatic heterocycles. The highest BCUT2D eigenvalue weighted by atomic mass is 19.1. The molecule has 2 aromatic rings. The van der Waals surface area contributed by atoms with Crippen LogP contribution in [0.25, 0.3) is 0 Å². The average Bonchev–Trinajstić information content (AvgIpc) is 2.74. The Hall–Kier alpha value is -3.48. The first-order valence-corrected chi connectivity index (χ1v) is 9.50. The van der Waals surface area contributed by atoms with Crippen LogP contribution in [0, 0.1) is 0 Å². The van der Waals surface area contributed by atoms with Crippen LogP contribution < -0.4 is 5.32 Å². The van der Waals surface area contributed by atoms with Crippen molar-refractivity contribution in [2.75, 3.05) is 0 Å². The van der Waals surface area contributed by atoms with E-state index in [0.29, 0.717) is 0 Å². The average molecular weight is 410 g/mol. The number of amides is 2. The van der Waals surface area contributed by atoms with Gasteiger partial charge in [0.05, 0.1) is 0 Å². The molecule has 2 amide bonds. The van der Waals surface area contributed by atoms with E-state index in [2.05, 4.69) is 11.9 Å². The third kappa shape index (κ3) is 4.25. The Morgan fingerprint density at radius 3 is 1.93 bits per heavy atom. The van der Waals surface area contributed by atoms with Crippen molar-refractivity contribution in [1.82, 2.24) is 10.2 Å². The second kappa shape index (κ2) is 8.90. The van der Waals surface area contributed by atoms with Gasteiger partial charge in [-0.25, -0.2) is 9.18 Å². The van der Waals surface area contributed by atoms with Crippen molar-refractivity contribution in [1.29, 1.82) is 0 Å². The van der Waals surface area contributed by atoms with Crippen LogP contribution >= 0.6 is 0 Å². The molecule has 0 aliphatic carbocycles. The van der Waals surface area contributed by atoms with E-state index >= 15 is 0 Å². The van der Waals surface area contributed by atoms with Gasteiger partial charge in [0.2, 0.25) is 12.2 Å². The van der Waals surface area contributed by atoms with Crippen LogP contribution in [0.1, 0.15) is 31.1 Å². The van der Waals surface area contributed by atoms with Crippen molar-refractivity contribution in [3.05, 3.63) is 83.9 Å². The molecule has 3 unspecified atom stereocenters. The Morgan fingerprint density at radius 2 is 1.53 bits per heavy atom. The largest absolute Gasteiger partial charge is 0.451 e. The van der Waals surface area contributed by atoms with Gasteiger partial charge in [0, 0.05) is 6.92 Å². The summed E-state index contributed by atoms with van der Waals surface area (Å²) in [6.07, 6.45) is -2.58. The lowest BCUT2D eigenvalue weighted by Gasteiger charge is -2.45. The van der Waals surface area contributed by atoms with Crippen molar-refractivity contribution in [3.63, 3.8) is 0 Å². The highest BCUT2D eigenvalue weighted by Crippen LogP contribution is 2.31. The second-order valence-electron chi connectivity index (χ2n) is 7.18. The molecule has 1 heterocycles. The van der Waals surface area contributed by atoms with E-state index in [-0.39, 0.29) is 5.57 Å². The van der Waals surface area contributed by atoms with Gasteiger partial charge in [0.25, 0.3) is 5.91 Å². The topological polar surface area (TPSA) is 75.7 Å². The standard InChI is InChI=1S/C23H23FN2O4/c1-14(2)19(26-21(24)18(22(26)28)25-15(3)27)23(29)30-20(16-10-6-4-7-11-16)17-12-8-5-9-13-17/h4-13,18-21H,1H2,2-3H3,(H,25,27). The highest BCUT2D eigenvalue weighted by molar-refractivity contribution is 5.96. The first kappa shape index (κ1) is 21.2. The molecule has 2 aromatic carbocycles. The fraction of sp³-hybridized carbons (Fsp3) is 0.261. The first-order valence-electron chi connectivity index (χ1n) is 9.50. The number of hydrogen-bond acceptors (Lipinski definition) is 4. The van der Waals surface area contributed by atoms with Gasteiger partial charge in [-0.15, -0.1) is 0 Å². The molecule has 1 fully saturated rings. The Balaban J connectivity index is 1.85. The summed E-state index contributed by atoms with van der Waals surface area (Å²) in [5.74, 6) is -2.02. The van der Waals surface area contributed by atoms with E-state index in [1.54, 1.807) is 0 Å². The number of esters is 1. The predicted octanol–water partition coefficient (Wildman–Crippen LogP) is 2.91. The third-order valence-corrected chi connectivity index (χ3v) is 4.83. The van der Waals surface area contributed by atoms with Crippen LogP contribution in [0.2, 0.25) is 0 Å². The number of carbonyl (C=O) groups is 3. The Labute approximate surface area is 174 Å². The van der Waals surface area contributed by atoms with Gasteiger partial charge in [-0.3, -0.25) is 14.5 Å². The molecule has 1 aliphatic rings. The fourth-order valence-electron chi connectivity index (χ4n) is 3.41. The van der Waals surface area contributed by atoms with Gasteiger partial charge in [-0.2, -0.15) is 0 Å². The van der Waals surface area contributed by atoms with Gasteiger partial charge in [0.15, 0.2) is 18.2 Å². The zero-order valence-corrected chi connectivity index (χ0v) is 16.7. The summed E-state index contributed by atoms with van der Waals surface area (Å²) in [6, 6.07) is 15.7. The van der Waals surface area contributed by atoms with E-state index in [9.17, 15) is 18.8 Å². The molecule has 156 valence electrons. The monoisotopic (exact) mass is 410 g/mol. The van der Waals surface area contributed by atoms with Crippen LogP contribution in [0.15, 0.2) is 72.8 Å². The highest BCUT2D eigenvalue weighted by Gasteiger charge is 2.54. The van der Waals surface area contributed by atoms with Crippen molar-refractivity contribution >= 4 is 17.8 Å². The normalized spacial score (nSPS) is 19.1. The Morgan fingerprint density at radius 1 is 1.03 bits per heavy atom. The number of rotatable bonds is 7. The molecular weight excluding hydrogens is 387 g/mol. The van der Waals surface area contributed by atoms with Gasteiger partial charge >= 0.3 is 5.97 Å². The maximum Gasteiger partial charge on any atom is 0.334 e. The summed E-state index contributed by atoms with van der Waals surface area (Å²) in [5, 5.41) is 2.25. The minimum absolute atomic E-state index is 0.261. The van der Waals surface area contributed by atoms with Crippen molar-refractivity contribution in [3.8, 4) is 0 Å². The number of benzene rings is 2. The number of nitrogens with zero attached hydrogens (tertiary/aromatic N) is 1. The third-order valence-electron chi connectivity index (χ3n) is 4.83. The fourth-order valence-corrected chi connectivity index (χ4v) is 3.41. The van der Waals surface area contributed by atoms with Crippen molar-refractivity contribution in [2.45, 2.75) is 38.3 Å². The summed E-state index contributed by atoms with van der Waals surface area (Å²) in [5.41, 5.74) is 1.73. The number of nitrogens with one attached hydrogen (secondary N) is 1. The van der Waals surface area contributed by atoms with E-state index in [4.69, 9.17) is 4.74 Å². The summed E-state index contributed by atoms with van der Waals surface area (Å²) in [6.45, 7) is 6.46. The van der Waals surface area contributed by atoms with Crippen LogP contribution in [0.5, 0.6) is 0 Å². The predicted molar refractivity (Wildman–Crippen MR) is 109 cm³/mol. The molecule has 0 spiro atoms. The maximum atomic E-state index is 14.7. The molecule has 0 radical (unpaired) electrons. The Bertz CT molecular complexity index is 909. The maximum absolute atomic E-state index is 14.7. The molecule has 0 saturated carbocycles. The van der Waals surface area contributed by atoms with Crippen molar-refractivity contribution < 1.29 is 23.5 Å². The van der Waals surface area contributed by atoms with Gasteiger partial charge in [-0.1, -0.05) is 67.2 Å². The molecule has 1 saturated heterocycles. The smallest absolute Gasteiger partial charge is 0.334 e. The minimum atomic E-state index is -1.84. The van der Waals surface area contributed by atoms with E-state index in [0.717, 1.165) is 16.0 Å². The minimum Gasteiger partial charge on any atom is -0.451 e. The number of β-lactam (4-membered cyclic amide) rings is 1. The first-order chi connectivity index (χ1) is 14.3. The van der Waals surface area contributed by atoms with Gasteiger partial charge < -0.3 is 10.1 Å². The molecular formula is C23H23FN2O4. The lowest BCUT2D eigenvalue weighted by molar-refractivity contribution is -0.178. The number of alkyl halides is 1. The molecule has 0 bridgehead atoms. The van der Waals surface area contributed by atoms with E-state index in [1.165, 1.54) is 13.8 Å². The zero-order valence-electron chi connectivity index (χ0n) is 16.7. The van der Waals surface area contributed by atoms with Crippen LogP contribution in [-0.2, 0) is 19.1 Å². The summed E-state index contributed by atoms with van der Waals surface area (Å²) < 4.78 is 20.4. The molecule has 1 aliphatic heterocycles. The Kier molecular flexibility index (Phi) is 6.30. The number of likely N-dealkylation sites (tertiary alicyclic amines) is 1. The molecule has 7 heteroatoms. The van der Waals surface area contributed by atoms with Crippen LogP contribution in [0.4, 0.5) is 4.39 Å². The molecule has 1 N–H and O–H groups in total. The lowest BCUT2D eigenvalue weighted by Crippen LogP contribution is -2.72. The quantitative estimate of drug-likeness (QED) is 0.330. The lowest BCUT2D eigenvalue weighted by atomic mass is 9.97. The number of ether oxygens (including phenoxy) is 1. The zero-order chi connectivity index (χ0) is 21.8. The molecule has 6 nitrogen and oxygen atoms in total.